The summed E-state index contributed by atoms with van der Waals surface area (Å²) < 4.78 is 29.8. The molecule has 0 aliphatic heterocycles. The smallest absolute Gasteiger partial charge is 0.191 e. The molecule has 2 N–H and O–H groups in total. The van der Waals surface area contributed by atoms with Crippen LogP contribution in [0, 0.1) is 11.6 Å². The molecular formula is C22H23F2N5. The molecule has 0 radical (unpaired) electrons. The number of rotatable bonds is 6. The van der Waals surface area contributed by atoms with E-state index >= 15 is 0 Å². The second-order valence-corrected chi connectivity index (χ2v) is 7.13. The second-order valence-electron chi connectivity index (χ2n) is 7.13. The number of aromatic nitrogens is 2. The summed E-state index contributed by atoms with van der Waals surface area (Å²) in [4.78, 5) is 4.25. The Bertz CT molecular complexity index is 980. The van der Waals surface area contributed by atoms with Crippen LogP contribution >= 0.6 is 0 Å². The van der Waals surface area contributed by atoms with Crippen LogP contribution in [0.15, 0.2) is 65.9 Å². The van der Waals surface area contributed by atoms with Gasteiger partial charge < -0.3 is 10.6 Å². The van der Waals surface area contributed by atoms with E-state index in [1.165, 1.54) is 18.2 Å². The Labute approximate surface area is 168 Å². The maximum Gasteiger partial charge on any atom is 0.191 e. The van der Waals surface area contributed by atoms with Crippen molar-refractivity contribution >= 4 is 5.96 Å². The first-order chi connectivity index (χ1) is 14.2. The third-order valence-corrected chi connectivity index (χ3v) is 5.16. The lowest BCUT2D eigenvalue weighted by Gasteiger charge is -2.15. The lowest BCUT2D eigenvalue weighted by Crippen LogP contribution is -2.38. The van der Waals surface area contributed by atoms with Crippen LogP contribution in [0.1, 0.15) is 29.0 Å². The molecule has 2 unspecified atom stereocenters. The van der Waals surface area contributed by atoms with Crippen molar-refractivity contribution in [3.63, 3.8) is 0 Å². The maximum absolute atomic E-state index is 14.0. The Morgan fingerprint density at radius 1 is 1.10 bits per heavy atom. The van der Waals surface area contributed by atoms with Crippen molar-refractivity contribution in [3.05, 3.63) is 89.2 Å². The van der Waals surface area contributed by atoms with Crippen molar-refractivity contribution in [3.8, 4) is 0 Å². The van der Waals surface area contributed by atoms with Crippen molar-refractivity contribution < 1.29 is 8.78 Å². The third kappa shape index (κ3) is 4.45. The van der Waals surface area contributed by atoms with Crippen LogP contribution in [0.4, 0.5) is 8.78 Å². The fraction of sp³-hybridized carbons (Fsp3) is 0.273. The predicted octanol–water partition coefficient (Wildman–Crippen LogP) is 3.43. The first kappa shape index (κ1) is 19.1. The molecule has 0 bridgehead atoms. The van der Waals surface area contributed by atoms with E-state index in [4.69, 9.17) is 0 Å². The Hall–Kier alpha value is -3.22. The van der Waals surface area contributed by atoms with Crippen LogP contribution in [0.5, 0.6) is 0 Å². The van der Waals surface area contributed by atoms with Crippen LogP contribution in [0.2, 0.25) is 0 Å². The molecule has 29 heavy (non-hydrogen) atoms. The number of guanidine groups is 1. The average Bonchev–Trinajstić information content (AvgIpc) is 3.26. The molecule has 1 heterocycles. The molecule has 5 nitrogen and oxygen atoms in total. The van der Waals surface area contributed by atoms with E-state index in [0.717, 1.165) is 11.1 Å². The monoisotopic (exact) mass is 395 g/mol. The van der Waals surface area contributed by atoms with Crippen molar-refractivity contribution in [1.82, 2.24) is 20.4 Å². The minimum Gasteiger partial charge on any atom is -0.353 e. The normalized spacial score (nSPS) is 18.5. The minimum atomic E-state index is -0.491. The molecular weight excluding hydrogens is 372 g/mol. The summed E-state index contributed by atoms with van der Waals surface area (Å²) in [6.45, 7) is 1.27. The van der Waals surface area contributed by atoms with Crippen molar-refractivity contribution in [2.45, 2.75) is 31.5 Å². The molecule has 1 aliphatic carbocycles. The molecule has 2 aromatic carbocycles. The summed E-state index contributed by atoms with van der Waals surface area (Å²) >= 11 is 0. The number of hydrogen-bond acceptors (Lipinski definition) is 2. The van der Waals surface area contributed by atoms with Crippen LogP contribution < -0.4 is 10.6 Å². The SMILES string of the molecule is CN=C(NCc1ccccc1Cn1cccn1)NC1CC1c1c(F)cccc1F. The highest BCUT2D eigenvalue weighted by Gasteiger charge is 2.42. The lowest BCUT2D eigenvalue weighted by atomic mass is 10.1. The lowest BCUT2D eigenvalue weighted by molar-refractivity contribution is 0.553. The van der Waals surface area contributed by atoms with Gasteiger partial charge in [0, 0.05) is 43.5 Å². The summed E-state index contributed by atoms with van der Waals surface area (Å²) in [5, 5.41) is 10.8. The van der Waals surface area contributed by atoms with E-state index in [0.29, 0.717) is 25.5 Å². The Balaban J connectivity index is 1.37. The van der Waals surface area contributed by atoms with Gasteiger partial charge in [-0.3, -0.25) is 9.67 Å². The average molecular weight is 395 g/mol. The van der Waals surface area contributed by atoms with Gasteiger partial charge in [0.2, 0.25) is 0 Å². The van der Waals surface area contributed by atoms with Gasteiger partial charge in [-0.2, -0.15) is 5.10 Å². The van der Waals surface area contributed by atoms with Crippen LogP contribution in [-0.4, -0.2) is 28.8 Å². The highest BCUT2D eigenvalue weighted by atomic mass is 19.1. The van der Waals surface area contributed by atoms with Gasteiger partial charge in [-0.15, -0.1) is 0 Å². The molecule has 2 atom stereocenters. The van der Waals surface area contributed by atoms with Gasteiger partial charge in [-0.05, 0) is 35.7 Å². The Morgan fingerprint density at radius 3 is 2.55 bits per heavy atom. The summed E-state index contributed by atoms with van der Waals surface area (Å²) in [5.41, 5.74) is 2.46. The first-order valence-electron chi connectivity index (χ1n) is 9.61. The van der Waals surface area contributed by atoms with Crippen LogP contribution in [0.25, 0.3) is 0 Å². The molecule has 1 saturated carbocycles. The van der Waals surface area contributed by atoms with E-state index in [9.17, 15) is 8.78 Å². The van der Waals surface area contributed by atoms with E-state index in [-0.39, 0.29) is 17.5 Å². The Kier molecular flexibility index (Phi) is 5.55. The van der Waals surface area contributed by atoms with Gasteiger partial charge in [0.05, 0.1) is 6.54 Å². The molecule has 7 heteroatoms. The zero-order valence-corrected chi connectivity index (χ0v) is 16.1. The molecule has 0 amide bonds. The summed E-state index contributed by atoms with van der Waals surface area (Å²) in [5.74, 6) is -0.547. The zero-order chi connectivity index (χ0) is 20.2. The van der Waals surface area contributed by atoms with Gasteiger partial charge in [-0.1, -0.05) is 30.3 Å². The van der Waals surface area contributed by atoms with Crippen molar-refractivity contribution in [2.75, 3.05) is 7.05 Å². The molecule has 1 aliphatic rings. The van der Waals surface area contributed by atoms with Gasteiger partial charge in [0.15, 0.2) is 5.96 Å². The number of hydrogen-bond donors (Lipinski definition) is 2. The number of halogens is 2. The molecule has 0 saturated heterocycles. The van der Waals surface area contributed by atoms with E-state index < -0.39 is 11.6 Å². The van der Waals surface area contributed by atoms with E-state index in [1.54, 1.807) is 13.2 Å². The fourth-order valence-electron chi connectivity index (χ4n) is 3.54. The van der Waals surface area contributed by atoms with Gasteiger partial charge >= 0.3 is 0 Å². The van der Waals surface area contributed by atoms with Gasteiger partial charge in [-0.25, -0.2) is 8.78 Å². The van der Waals surface area contributed by atoms with Crippen LogP contribution in [0.3, 0.4) is 0 Å². The first-order valence-corrected chi connectivity index (χ1v) is 9.61. The summed E-state index contributed by atoms with van der Waals surface area (Å²) in [7, 11) is 1.69. The minimum absolute atomic E-state index is 0.0353. The van der Waals surface area contributed by atoms with Gasteiger partial charge in [0.25, 0.3) is 0 Å². The quantitative estimate of drug-likeness (QED) is 0.497. The third-order valence-electron chi connectivity index (χ3n) is 5.16. The van der Waals surface area contributed by atoms with E-state index in [2.05, 4.69) is 32.9 Å². The highest BCUT2D eigenvalue weighted by Crippen LogP contribution is 2.43. The van der Waals surface area contributed by atoms with Gasteiger partial charge in [0.1, 0.15) is 11.6 Å². The largest absolute Gasteiger partial charge is 0.353 e. The van der Waals surface area contributed by atoms with Crippen LogP contribution in [-0.2, 0) is 13.1 Å². The highest BCUT2D eigenvalue weighted by molar-refractivity contribution is 5.80. The molecule has 1 fully saturated rings. The fourth-order valence-corrected chi connectivity index (χ4v) is 3.54. The number of nitrogens with zero attached hydrogens (tertiary/aromatic N) is 3. The van der Waals surface area contributed by atoms with Crippen molar-refractivity contribution in [2.24, 2.45) is 4.99 Å². The summed E-state index contributed by atoms with van der Waals surface area (Å²) in [6, 6.07) is 14.0. The molecule has 4 rings (SSSR count). The Morgan fingerprint density at radius 2 is 1.86 bits per heavy atom. The number of nitrogens with one attached hydrogen (secondary N) is 2. The molecule has 3 aromatic rings. The number of aliphatic imine (C=N–C) groups is 1. The summed E-state index contributed by atoms with van der Waals surface area (Å²) in [6.07, 6.45) is 4.37. The predicted molar refractivity (Wildman–Crippen MR) is 109 cm³/mol. The second kappa shape index (κ2) is 8.43. The standard InChI is InChI=1S/C22H23F2N5/c1-25-22(28-20-12-17(20)21-18(23)8-4-9-19(21)24)26-13-15-6-2-3-7-16(15)14-29-11-5-10-27-29/h2-11,17,20H,12-14H2,1H3,(H2,25,26,28). The number of benzene rings is 2. The van der Waals surface area contributed by atoms with E-state index in [1.807, 2.05) is 29.1 Å². The molecule has 150 valence electrons. The zero-order valence-electron chi connectivity index (χ0n) is 16.1. The maximum atomic E-state index is 14.0. The topological polar surface area (TPSA) is 54.2 Å². The molecule has 0 spiro atoms. The van der Waals surface area contributed by atoms with Crippen molar-refractivity contribution in [1.29, 1.82) is 0 Å². The molecule has 1 aromatic heterocycles.